The van der Waals surface area contributed by atoms with Crippen LogP contribution >= 0.6 is 23.1 Å². The van der Waals surface area contributed by atoms with E-state index >= 15 is 0 Å². The zero-order valence-electron chi connectivity index (χ0n) is 15.3. The van der Waals surface area contributed by atoms with E-state index in [0.29, 0.717) is 16.6 Å². The number of rotatable bonds is 5. The molecule has 2 aromatic heterocycles. The van der Waals surface area contributed by atoms with Crippen molar-refractivity contribution >= 4 is 45.6 Å². The van der Waals surface area contributed by atoms with Crippen LogP contribution in [0, 0.1) is 6.92 Å². The van der Waals surface area contributed by atoms with E-state index in [-0.39, 0.29) is 6.54 Å². The largest absolute Gasteiger partial charge is 0.329 e. The van der Waals surface area contributed by atoms with Crippen LogP contribution in [0.1, 0.15) is 5.69 Å². The van der Waals surface area contributed by atoms with Gasteiger partial charge >= 0.3 is 5.69 Å². The number of carbonyl (C=O) groups is 1. The van der Waals surface area contributed by atoms with E-state index in [1.807, 2.05) is 24.4 Å². The van der Waals surface area contributed by atoms with E-state index in [1.165, 1.54) is 0 Å². The summed E-state index contributed by atoms with van der Waals surface area (Å²) >= 11 is 3.13. The first kappa shape index (κ1) is 19.2. The molecule has 2 heterocycles. The minimum atomic E-state index is -0.616. The number of H-pyrrole nitrogens is 1. The van der Waals surface area contributed by atoms with Gasteiger partial charge in [0.05, 0.1) is 10.9 Å². The number of para-hydroxylation sites is 1. The third-order valence-electron chi connectivity index (χ3n) is 4.13. The highest BCUT2D eigenvalue weighted by Crippen LogP contribution is 2.30. The monoisotopic (exact) mass is 424 g/mol. The second-order valence-electron chi connectivity index (χ2n) is 6.30. The van der Waals surface area contributed by atoms with E-state index in [0.717, 1.165) is 19.5 Å². The molecule has 0 spiro atoms. The van der Waals surface area contributed by atoms with Gasteiger partial charge in [0.1, 0.15) is 6.54 Å². The van der Waals surface area contributed by atoms with E-state index in [1.54, 1.807) is 59.5 Å². The summed E-state index contributed by atoms with van der Waals surface area (Å²) in [5.74, 6) is -0.455. The van der Waals surface area contributed by atoms with Crippen LogP contribution in [-0.2, 0) is 11.3 Å². The summed E-state index contributed by atoms with van der Waals surface area (Å²) in [5.41, 5.74) is 0.905. The third-order valence-corrected chi connectivity index (χ3v) is 6.20. The van der Waals surface area contributed by atoms with Crippen molar-refractivity contribution in [1.29, 1.82) is 0 Å². The number of amides is 1. The fourth-order valence-corrected chi connectivity index (χ4v) is 4.58. The summed E-state index contributed by atoms with van der Waals surface area (Å²) in [7, 11) is 0. The fraction of sp³-hybridized carbons (Fsp3) is 0.100. The molecule has 0 atom stereocenters. The fourth-order valence-electron chi connectivity index (χ4n) is 2.77. The smallest absolute Gasteiger partial charge is 0.325 e. The van der Waals surface area contributed by atoms with Crippen molar-refractivity contribution in [3.05, 3.63) is 80.4 Å². The summed E-state index contributed by atoms with van der Waals surface area (Å²) in [4.78, 5) is 45.1. The minimum Gasteiger partial charge on any atom is -0.325 e. The molecule has 2 N–H and O–H groups in total. The zero-order valence-corrected chi connectivity index (χ0v) is 17.0. The SMILES string of the molecule is Cc1csc(Sc2ccc(NC(=O)Cn3c(=O)[nH]c4ccccc4c3=O)cc2)n1. The lowest BCUT2D eigenvalue weighted by Crippen LogP contribution is -2.38. The molecule has 0 aliphatic carbocycles. The van der Waals surface area contributed by atoms with E-state index < -0.39 is 17.2 Å². The van der Waals surface area contributed by atoms with Crippen molar-refractivity contribution in [2.75, 3.05) is 5.32 Å². The van der Waals surface area contributed by atoms with Gasteiger partial charge < -0.3 is 10.3 Å². The molecule has 0 aliphatic heterocycles. The molecule has 7 nitrogen and oxygen atoms in total. The average molecular weight is 425 g/mol. The maximum absolute atomic E-state index is 12.5. The molecule has 29 heavy (non-hydrogen) atoms. The molecule has 0 saturated heterocycles. The van der Waals surface area contributed by atoms with Gasteiger partial charge in [-0.3, -0.25) is 14.2 Å². The van der Waals surface area contributed by atoms with Crippen molar-refractivity contribution in [3.8, 4) is 0 Å². The number of nitrogens with one attached hydrogen (secondary N) is 2. The van der Waals surface area contributed by atoms with Crippen LogP contribution in [0.2, 0.25) is 0 Å². The normalized spacial score (nSPS) is 10.9. The number of aryl methyl sites for hydroxylation is 1. The Morgan fingerprint density at radius 1 is 1.17 bits per heavy atom. The summed E-state index contributed by atoms with van der Waals surface area (Å²) in [6, 6.07) is 14.0. The van der Waals surface area contributed by atoms with Gasteiger partial charge in [0.25, 0.3) is 5.56 Å². The molecule has 0 bridgehead atoms. The highest BCUT2D eigenvalue weighted by Gasteiger charge is 2.11. The summed E-state index contributed by atoms with van der Waals surface area (Å²) in [6.45, 7) is 1.58. The number of hydrogen-bond donors (Lipinski definition) is 2. The van der Waals surface area contributed by atoms with Gasteiger partial charge in [0.2, 0.25) is 5.91 Å². The Morgan fingerprint density at radius 3 is 2.66 bits per heavy atom. The number of thiazole rings is 1. The Balaban J connectivity index is 1.47. The number of aromatic nitrogens is 3. The molecule has 1 amide bonds. The quantitative estimate of drug-likeness (QED) is 0.513. The molecule has 0 unspecified atom stereocenters. The van der Waals surface area contributed by atoms with Crippen LogP contribution in [0.4, 0.5) is 5.69 Å². The number of fused-ring (bicyclic) bond motifs is 1. The summed E-state index contributed by atoms with van der Waals surface area (Å²) in [5, 5.41) is 5.07. The Labute approximate surface area is 173 Å². The molecule has 9 heteroatoms. The van der Waals surface area contributed by atoms with Gasteiger partial charge in [-0.25, -0.2) is 9.78 Å². The second kappa shape index (κ2) is 8.06. The molecule has 0 aliphatic rings. The molecule has 0 radical (unpaired) electrons. The highest BCUT2D eigenvalue weighted by molar-refractivity contribution is 8.01. The number of aromatic amines is 1. The lowest BCUT2D eigenvalue weighted by molar-refractivity contribution is -0.116. The van der Waals surface area contributed by atoms with Crippen molar-refractivity contribution in [3.63, 3.8) is 0 Å². The maximum Gasteiger partial charge on any atom is 0.329 e. The standard InChI is InChI=1S/C20H16N4O3S2/c1-12-11-28-20(21-12)29-14-8-6-13(7-9-14)22-17(25)10-24-18(26)15-4-2-3-5-16(15)23-19(24)27/h2-9,11H,10H2,1H3,(H,22,25)(H,23,27). The van der Waals surface area contributed by atoms with Crippen molar-refractivity contribution in [1.82, 2.24) is 14.5 Å². The number of hydrogen-bond acceptors (Lipinski definition) is 6. The molecule has 2 aromatic carbocycles. The molecule has 146 valence electrons. The molecule has 4 rings (SSSR count). The lowest BCUT2D eigenvalue weighted by Gasteiger charge is -2.08. The zero-order chi connectivity index (χ0) is 20.4. The first-order valence-electron chi connectivity index (χ1n) is 8.71. The van der Waals surface area contributed by atoms with Crippen molar-refractivity contribution in [2.45, 2.75) is 22.7 Å². The van der Waals surface area contributed by atoms with Crippen LogP contribution < -0.4 is 16.6 Å². The molecular formula is C20H16N4O3S2. The van der Waals surface area contributed by atoms with E-state index in [2.05, 4.69) is 15.3 Å². The van der Waals surface area contributed by atoms with Gasteiger partial charge in [0.15, 0.2) is 4.34 Å². The number of carbonyl (C=O) groups excluding carboxylic acids is 1. The van der Waals surface area contributed by atoms with Gasteiger partial charge in [-0.15, -0.1) is 11.3 Å². The Morgan fingerprint density at radius 2 is 1.93 bits per heavy atom. The first-order chi connectivity index (χ1) is 14.0. The van der Waals surface area contributed by atoms with Crippen molar-refractivity contribution in [2.24, 2.45) is 0 Å². The van der Waals surface area contributed by atoms with Gasteiger partial charge in [-0.1, -0.05) is 23.9 Å². The number of nitrogens with zero attached hydrogens (tertiary/aromatic N) is 2. The topological polar surface area (TPSA) is 96.9 Å². The second-order valence-corrected chi connectivity index (χ2v) is 8.48. The third kappa shape index (κ3) is 4.30. The molecule has 0 fully saturated rings. The Hall–Kier alpha value is -3.17. The number of benzene rings is 2. The van der Waals surface area contributed by atoms with Crippen LogP contribution in [-0.4, -0.2) is 20.4 Å². The van der Waals surface area contributed by atoms with Gasteiger partial charge in [-0.05, 0) is 43.3 Å². The minimum absolute atomic E-state index is 0.360. The van der Waals surface area contributed by atoms with Gasteiger partial charge in [0, 0.05) is 21.7 Å². The summed E-state index contributed by atoms with van der Waals surface area (Å²) < 4.78 is 1.85. The molecular weight excluding hydrogens is 408 g/mol. The lowest BCUT2D eigenvalue weighted by atomic mass is 10.2. The highest BCUT2D eigenvalue weighted by atomic mass is 32.2. The predicted octanol–water partition coefficient (Wildman–Crippen LogP) is 3.24. The molecule has 4 aromatic rings. The average Bonchev–Trinajstić information content (AvgIpc) is 3.11. The van der Waals surface area contributed by atoms with Crippen LogP contribution in [0.3, 0.4) is 0 Å². The Kier molecular flexibility index (Phi) is 5.32. The predicted molar refractivity (Wildman–Crippen MR) is 115 cm³/mol. The van der Waals surface area contributed by atoms with Crippen LogP contribution in [0.15, 0.2) is 72.7 Å². The molecule has 0 saturated carbocycles. The maximum atomic E-state index is 12.5. The van der Waals surface area contributed by atoms with Crippen LogP contribution in [0.5, 0.6) is 0 Å². The first-order valence-corrected chi connectivity index (χ1v) is 10.4. The summed E-state index contributed by atoms with van der Waals surface area (Å²) in [6.07, 6.45) is 0. The van der Waals surface area contributed by atoms with Gasteiger partial charge in [-0.2, -0.15) is 0 Å². The van der Waals surface area contributed by atoms with E-state index in [4.69, 9.17) is 0 Å². The van der Waals surface area contributed by atoms with Crippen molar-refractivity contribution < 1.29 is 4.79 Å². The van der Waals surface area contributed by atoms with E-state index in [9.17, 15) is 14.4 Å². The number of anilines is 1. The Bertz CT molecular complexity index is 1310. The van der Waals surface area contributed by atoms with Crippen LogP contribution in [0.25, 0.3) is 10.9 Å².